The maximum absolute atomic E-state index is 15.5. The minimum Gasteiger partial charge on any atom is -0.396 e. The molecule has 0 radical (unpaired) electrons. The van der Waals surface area contributed by atoms with Gasteiger partial charge in [-0.3, -0.25) is 9.59 Å². The Morgan fingerprint density at radius 2 is 1.61 bits per heavy atom. The van der Waals surface area contributed by atoms with Crippen molar-refractivity contribution in [3.8, 4) is 0 Å². The molecule has 0 spiro atoms. The van der Waals surface area contributed by atoms with Crippen molar-refractivity contribution in [2.45, 2.75) is 206 Å². The zero-order valence-electron chi connectivity index (χ0n) is 44.6. The first-order chi connectivity index (χ1) is 33.8. The highest BCUT2D eigenvalue weighted by atomic mass is 16.6. The first-order valence-electron chi connectivity index (χ1n) is 28.3. The molecular formula is C61H87N3O7. The number of carbonyl (C=O) groups excluding carboxylic acids is 2. The number of allylic oxidation sites excluding steroid dienone is 1. The number of aliphatic hydroxyl groups excluding tert-OH is 3. The van der Waals surface area contributed by atoms with E-state index in [-0.39, 0.29) is 47.6 Å². The van der Waals surface area contributed by atoms with Gasteiger partial charge >= 0.3 is 0 Å². The van der Waals surface area contributed by atoms with Crippen LogP contribution in [0.25, 0.3) is 11.0 Å². The normalized spacial score (nSPS) is 38.2. The summed E-state index contributed by atoms with van der Waals surface area (Å²) >= 11 is 0. The van der Waals surface area contributed by atoms with Gasteiger partial charge in [0.2, 0.25) is 0 Å². The molecule has 8 aliphatic rings. The summed E-state index contributed by atoms with van der Waals surface area (Å²) in [5.74, 6) is 1.04. The van der Waals surface area contributed by atoms with Crippen molar-refractivity contribution >= 4 is 22.6 Å². The molecule has 2 aromatic heterocycles. The molecule has 3 aromatic rings. The molecule has 5 heterocycles. The summed E-state index contributed by atoms with van der Waals surface area (Å²) in [5.41, 5.74) is 7.82. The number of aromatic amines is 1. The fourth-order valence-corrected chi connectivity index (χ4v) is 18.2. The van der Waals surface area contributed by atoms with Crippen LogP contribution in [0, 0.1) is 44.8 Å². The van der Waals surface area contributed by atoms with Gasteiger partial charge in [-0.15, -0.1) is 0 Å². The number of benzene rings is 1. The van der Waals surface area contributed by atoms with Gasteiger partial charge in [-0.1, -0.05) is 72.1 Å². The van der Waals surface area contributed by atoms with Crippen molar-refractivity contribution in [1.82, 2.24) is 14.9 Å². The summed E-state index contributed by atoms with van der Waals surface area (Å²) in [6.45, 7) is 18.6. The maximum atomic E-state index is 15.5. The molecular weight excluding hydrogens is 887 g/mol. The molecule has 6 fully saturated rings. The van der Waals surface area contributed by atoms with Crippen molar-refractivity contribution in [3.63, 3.8) is 0 Å². The quantitative estimate of drug-likeness (QED) is 0.113. The molecule has 10 heteroatoms. The van der Waals surface area contributed by atoms with Crippen molar-refractivity contribution in [2.24, 2.45) is 44.8 Å². The summed E-state index contributed by atoms with van der Waals surface area (Å²) in [5, 5.41) is 40.4. The number of rotatable bonds is 12. The number of ether oxygens (including phenoxy) is 2. The van der Waals surface area contributed by atoms with Crippen LogP contribution in [0.15, 0.2) is 41.7 Å². The Kier molecular flexibility index (Phi) is 12.7. The molecule has 12 unspecified atom stereocenters. The number of Topliss-reactive ketones (excluding diaryl/α,β-unsaturated/α-hetero) is 2. The highest BCUT2D eigenvalue weighted by Gasteiger charge is 2.73. The van der Waals surface area contributed by atoms with Crippen LogP contribution in [0.5, 0.6) is 0 Å². The Morgan fingerprint density at radius 1 is 0.901 bits per heavy atom. The van der Waals surface area contributed by atoms with Crippen LogP contribution in [0.4, 0.5) is 0 Å². The fraction of sp³-hybridized carbons (Fsp3) is 0.738. The van der Waals surface area contributed by atoms with E-state index in [1.54, 1.807) is 0 Å². The number of ketones is 2. The molecule has 1 aromatic carbocycles. The maximum Gasteiger partial charge on any atom is 0.160 e. The van der Waals surface area contributed by atoms with Crippen LogP contribution in [-0.4, -0.2) is 93.8 Å². The van der Waals surface area contributed by atoms with Crippen molar-refractivity contribution in [1.29, 1.82) is 0 Å². The smallest absolute Gasteiger partial charge is 0.160 e. The van der Waals surface area contributed by atoms with Crippen molar-refractivity contribution in [2.75, 3.05) is 33.4 Å². The second-order valence-corrected chi connectivity index (χ2v) is 26.5. The van der Waals surface area contributed by atoms with Gasteiger partial charge in [0.25, 0.3) is 0 Å². The molecule has 5 N–H and O–H groups in total. The van der Waals surface area contributed by atoms with Crippen LogP contribution in [0.2, 0.25) is 0 Å². The molecule has 12 atom stereocenters. The number of aliphatic hydroxyl groups is 3. The number of fused-ring (bicyclic) bond motifs is 4. The average molecular weight is 974 g/mol. The average Bonchev–Trinajstić information content (AvgIpc) is 3.59. The van der Waals surface area contributed by atoms with E-state index >= 15 is 4.79 Å². The van der Waals surface area contributed by atoms with E-state index in [0.29, 0.717) is 62.7 Å². The number of nitrogens with zero attached hydrogens (tertiary/aromatic N) is 1. The Hall–Kier alpha value is -3.12. The fourth-order valence-electron chi connectivity index (χ4n) is 18.2. The number of aromatic nitrogens is 2. The number of hydrogen-bond acceptors (Lipinski definition) is 8. The van der Waals surface area contributed by atoms with Crippen LogP contribution in [0.1, 0.15) is 197 Å². The summed E-state index contributed by atoms with van der Waals surface area (Å²) in [6.07, 6.45) is 17.6. The van der Waals surface area contributed by atoms with E-state index in [0.717, 1.165) is 80.5 Å². The SMILES string of the molecule is CNCCC1(C)C(=O)CCC2(C)C1CCC1(C)C2C(O)C2Cn3cc(C(CCO)c4cc(C5CCCCC5)cc(C5CCOCC5)c4)c4[nH]cc(c43)CCC(C)(CC(O)C3OC3(C)C)C3=C2C1(C)CC3=O. The molecule has 10 nitrogen and oxygen atoms in total. The topological polar surface area (TPSA) is 149 Å². The molecule has 0 amide bonds. The zero-order chi connectivity index (χ0) is 50.0. The number of carbonyl (C=O) groups is 2. The lowest BCUT2D eigenvalue weighted by Crippen LogP contribution is -2.68. The first kappa shape index (κ1) is 50.1. The van der Waals surface area contributed by atoms with Gasteiger partial charge in [0, 0.05) is 85.4 Å². The largest absolute Gasteiger partial charge is 0.396 e. The van der Waals surface area contributed by atoms with Gasteiger partial charge in [-0.05, 0) is 172 Å². The third kappa shape index (κ3) is 7.81. The predicted molar refractivity (Wildman–Crippen MR) is 278 cm³/mol. The Balaban J connectivity index is 1.08. The summed E-state index contributed by atoms with van der Waals surface area (Å²) in [4.78, 5) is 33.6. The van der Waals surface area contributed by atoms with Crippen LogP contribution < -0.4 is 5.32 Å². The van der Waals surface area contributed by atoms with Crippen LogP contribution in [0.3, 0.4) is 0 Å². The number of hydrogen-bond donors (Lipinski definition) is 5. The molecule has 5 aliphatic carbocycles. The van der Waals surface area contributed by atoms with E-state index in [9.17, 15) is 20.1 Å². The molecule has 2 saturated heterocycles. The summed E-state index contributed by atoms with van der Waals surface area (Å²) in [6, 6.07) is 7.47. The predicted octanol–water partition coefficient (Wildman–Crippen LogP) is 10.6. The first-order valence-corrected chi connectivity index (χ1v) is 28.3. The van der Waals surface area contributed by atoms with Crippen LogP contribution >= 0.6 is 0 Å². The molecule has 71 heavy (non-hydrogen) atoms. The van der Waals surface area contributed by atoms with Crippen LogP contribution in [-0.2, 0) is 32.0 Å². The van der Waals surface area contributed by atoms with Gasteiger partial charge in [0.05, 0.1) is 28.8 Å². The minimum absolute atomic E-state index is 0.0567. The van der Waals surface area contributed by atoms with E-state index in [4.69, 9.17) is 9.47 Å². The second-order valence-electron chi connectivity index (χ2n) is 26.5. The molecule has 388 valence electrons. The Bertz CT molecular complexity index is 2540. The Labute approximate surface area is 423 Å². The lowest BCUT2D eigenvalue weighted by molar-refractivity contribution is -0.222. The highest BCUT2D eigenvalue weighted by molar-refractivity contribution is 6.02. The molecule has 4 saturated carbocycles. The molecule has 11 rings (SSSR count). The van der Waals surface area contributed by atoms with Gasteiger partial charge in [0.15, 0.2) is 5.78 Å². The van der Waals surface area contributed by atoms with Gasteiger partial charge in [0.1, 0.15) is 11.9 Å². The number of aryl methyl sites for hydroxylation is 1. The summed E-state index contributed by atoms with van der Waals surface area (Å²) in [7, 11) is 1.97. The number of H-pyrrole nitrogens is 1. The van der Waals surface area contributed by atoms with Crippen molar-refractivity contribution < 1.29 is 34.4 Å². The Morgan fingerprint density at radius 3 is 2.28 bits per heavy atom. The van der Waals surface area contributed by atoms with Gasteiger partial charge in [-0.2, -0.15) is 0 Å². The number of nitrogens with one attached hydrogen (secondary N) is 2. The molecule has 0 bridgehead atoms. The second kappa shape index (κ2) is 18.0. The van der Waals surface area contributed by atoms with Gasteiger partial charge < -0.3 is 39.7 Å². The number of epoxide rings is 1. The van der Waals surface area contributed by atoms with E-state index < -0.39 is 39.5 Å². The lowest BCUT2D eigenvalue weighted by Gasteiger charge is -2.70. The van der Waals surface area contributed by atoms with E-state index in [2.05, 4.69) is 80.1 Å². The monoisotopic (exact) mass is 974 g/mol. The van der Waals surface area contributed by atoms with E-state index in [1.165, 1.54) is 59.9 Å². The van der Waals surface area contributed by atoms with E-state index in [1.807, 2.05) is 20.9 Å². The highest BCUT2D eigenvalue weighted by Crippen LogP contribution is 2.76. The minimum atomic E-state index is -0.774. The van der Waals surface area contributed by atoms with Crippen molar-refractivity contribution in [3.05, 3.63) is 69.6 Å². The third-order valence-electron chi connectivity index (χ3n) is 22.2. The lowest BCUT2D eigenvalue weighted by atomic mass is 9.34. The third-order valence-corrected chi connectivity index (χ3v) is 22.2. The standard InChI is InChI=1S/C61H87N3O7/c1-56(2)55(71-56)46(67)31-57(3)20-14-38-33-63-51-43(42(17-25-65)41-29-39(36-12-10-9-11-13-36)28-40(30-41)37-18-26-70-27-19-37)34-64(52(38)51)35-44-49-50(57)45(66)32-61(49,7)60(6)22-15-47-58(4,23-24-62-8)48(68)16-21-59(47,5)54(60)53(44)69/h28-30,33-34,36-37,42,44,46-47,53-55,62-63,65,67,69H,9-27,31-32,35H2,1-8H3. The summed E-state index contributed by atoms with van der Waals surface area (Å²) < 4.78 is 14.4. The zero-order valence-corrected chi connectivity index (χ0v) is 44.6. The molecule has 3 aliphatic heterocycles. The van der Waals surface area contributed by atoms with Gasteiger partial charge in [-0.25, -0.2) is 0 Å².